The normalized spacial score (nSPS) is 30.0. The lowest BCUT2D eigenvalue weighted by molar-refractivity contribution is 0.140. The summed E-state index contributed by atoms with van der Waals surface area (Å²) in [6.07, 6.45) is 5.52. The van der Waals surface area contributed by atoms with Crippen molar-refractivity contribution in [1.29, 1.82) is 0 Å². The smallest absolute Gasteiger partial charge is 0.0477 e. The van der Waals surface area contributed by atoms with Crippen LogP contribution >= 0.6 is 0 Å². The molecular weight excluding hydrogens is 212 g/mol. The second-order valence-corrected chi connectivity index (χ2v) is 5.63. The highest BCUT2D eigenvalue weighted by atomic mass is 16.5. The summed E-state index contributed by atoms with van der Waals surface area (Å²) in [6.45, 7) is 9.74. The Kier molecular flexibility index (Phi) is 5.26. The molecule has 0 aromatic rings. The lowest BCUT2D eigenvalue weighted by Gasteiger charge is -2.32. The first kappa shape index (κ1) is 13.3. The number of nitrogens with one attached hydrogen (secondary N) is 1. The van der Waals surface area contributed by atoms with E-state index < -0.39 is 0 Å². The standard InChI is InChI=1S/C14H28N2O/c1-3-17-8-4-7-15-10-12(2)16-11-13-5-6-14(16)9-13/h12-15H,3-11H2,1-2H3. The molecule has 1 heterocycles. The lowest BCUT2D eigenvalue weighted by atomic mass is 10.1. The molecule has 1 saturated carbocycles. The van der Waals surface area contributed by atoms with Gasteiger partial charge >= 0.3 is 0 Å². The van der Waals surface area contributed by atoms with Gasteiger partial charge in [-0.3, -0.25) is 4.90 Å². The number of rotatable bonds is 8. The van der Waals surface area contributed by atoms with Crippen molar-refractivity contribution in [1.82, 2.24) is 10.2 Å². The summed E-state index contributed by atoms with van der Waals surface area (Å²) in [5.41, 5.74) is 0. The molecule has 2 rings (SSSR count). The van der Waals surface area contributed by atoms with Crippen LogP contribution in [-0.4, -0.2) is 49.8 Å². The van der Waals surface area contributed by atoms with Crippen LogP contribution in [0, 0.1) is 5.92 Å². The fourth-order valence-corrected chi connectivity index (χ4v) is 3.37. The Balaban J connectivity index is 1.54. The zero-order chi connectivity index (χ0) is 12.1. The van der Waals surface area contributed by atoms with Gasteiger partial charge in [-0.05, 0) is 52.0 Å². The Morgan fingerprint density at radius 3 is 2.94 bits per heavy atom. The van der Waals surface area contributed by atoms with E-state index in [-0.39, 0.29) is 0 Å². The molecule has 17 heavy (non-hydrogen) atoms. The van der Waals surface area contributed by atoms with Crippen LogP contribution in [0.2, 0.25) is 0 Å². The Morgan fingerprint density at radius 1 is 1.41 bits per heavy atom. The van der Waals surface area contributed by atoms with Gasteiger partial charge in [-0.25, -0.2) is 0 Å². The van der Waals surface area contributed by atoms with E-state index in [2.05, 4.69) is 24.1 Å². The van der Waals surface area contributed by atoms with Gasteiger partial charge in [-0.1, -0.05) is 0 Å². The fraction of sp³-hybridized carbons (Fsp3) is 1.00. The number of hydrogen-bond donors (Lipinski definition) is 1. The van der Waals surface area contributed by atoms with Gasteiger partial charge < -0.3 is 10.1 Å². The molecule has 2 fully saturated rings. The molecule has 1 aliphatic heterocycles. The first-order valence-electron chi connectivity index (χ1n) is 7.35. The van der Waals surface area contributed by atoms with E-state index in [9.17, 15) is 0 Å². The molecule has 3 nitrogen and oxygen atoms in total. The number of likely N-dealkylation sites (tertiary alicyclic amines) is 1. The number of ether oxygens (including phenoxy) is 1. The van der Waals surface area contributed by atoms with E-state index >= 15 is 0 Å². The maximum absolute atomic E-state index is 5.33. The average Bonchev–Trinajstić information content (AvgIpc) is 2.95. The Hall–Kier alpha value is -0.120. The summed E-state index contributed by atoms with van der Waals surface area (Å²) >= 11 is 0. The van der Waals surface area contributed by atoms with Crippen molar-refractivity contribution in [3.05, 3.63) is 0 Å². The topological polar surface area (TPSA) is 24.5 Å². The Morgan fingerprint density at radius 2 is 2.29 bits per heavy atom. The van der Waals surface area contributed by atoms with Crippen LogP contribution in [0.1, 0.15) is 39.5 Å². The maximum atomic E-state index is 5.33. The molecule has 3 heteroatoms. The molecule has 0 aromatic carbocycles. The maximum Gasteiger partial charge on any atom is 0.0477 e. The minimum Gasteiger partial charge on any atom is -0.382 e. The van der Waals surface area contributed by atoms with Crippen molar-refractivity contribution in [2.45, 2.75) is 51.6 Å². The van der Waals surface area contributed by atoms with Crippen LogP contribution in [0.25, 0.3) is 0 Å². The van der Waals surface area contributed by atoms with E-state index in [4.69, 9.17) is 4.74 Å². The summed E-state index contributed by atoms with van der Waals surface area (Å²) in [5, 5.41) is 3.56. The van der Waals surface area contributed by atoms with Gasteiger partial charge in [0.15, 0.2) is 0 Å². The first-order chi connectivity index (χ1) is 8.31. The SMILES string of the molecule is CCOCCCNCC(C)N1CC2CCC1C2. The Labute approximate surface area is 106 Å². The van der Waals surface area contributed by atoms with Gasteiger partial charge in [0.2, 0.25) is 0 Å². The van der Waals surface area contributed by atoms with Crippen LogP contribution in [-0.2, 0) is 4.74 Å². The first-order valence-corrected chi connectivity index (χ1v) is 7.35. The predicted molar refractivity (Wildman–Crippen MR) is 71.3 cm³/mol. The van der Waals surface area contributed by atoms with Crippen molar-refractivity contribution in [3.8, 4) is 0 Å². The summed E-state index contributed by atoms with van der Waals surface area (Å²) in [4.78, 5) is 2.73. The van der Waals surface area contributed by atoms with Crippen LogP contribution in [0.4, 0.5) is 0 Å². The molecule has 0 radical (unpaired) electrons. The van der Waals surface area contributed by atoms with E-state index in [1.54, 1.807) is 0 Å². The zero-order valence-electron chi connectivity index (χ0n) is 11.5. The average molecular weight is 240 g/mol. The third-order valence-corrected chi connectivity index (χ3v) is 4.30. The molecule has 1 saturated heterocycles. The highest BCUT2D eigenvalue weighted by Gasteiger charge is 2.39. The van der Waals surface area contributed by atoms with Gasteiger partial charge in [0.1, 0.15) is 0 Å². The largest absolute Gasteiger partial charge is 0.382 e. The molecule has 2 aliphatic rings. The van der Waals surface area contributed by atoms with Crippen LogP contribution in [0.3, 0.4) is 0 Å². The van der Waals surface area contributed by atoms with E-state index in [1.807, 2.05) is 0 Å². The zero-order valence-corrected chi connectivity index (χ0v) is 11.5. The van der Waals surface area contributed by atoms with Crippen LogP contribution in [0.5, 0.6) is 0 Å². The molecule has 3 unspecified atom stereocenters. The third kappa shape index (κ3) is 3.67. The minimum absolute atomic E-state index is 0.706. The highest BCUT2D eigenvalue weighted by molar-refractivity contribution is 4.94. The van der Waals surface area contributed by atoms with Gasteiger partial charge in [0.05, 0.1) is 0 Å². The molecular formula is C14H28N2O. The lowest BCUT2D eigenvalue weighted by Crippen LogP contribution is -2.44. The van der Waals surface area contributed by atoms with Crippen LogP contribution in [0.15, 0.2) is 0 Å². The van der Waals surface area contributed by atoms with Crippen molar-refractivity contribution in [2.75, 3.05) is 32.8 Å². The van der Waals surface area contributed by atoms with E-state index in [0.29, 0.717) is 6.04 Å². The molecule has 1 aliphatic carbocycles. The van der Waals surface area contributed by atoms with Gasteiger partial charge in [-0.15, -0.1) is 0 Å². The molecule has 0 spiro atoms. The van der Waals surface area contributed by atoms with Crippen molar-refractivity contribution in [3.63, 3.8) is 0 Å². The summed E-state index contributed by atoms with van der Waals surface area (Å²) < 4.78 is 5.33. The van der Waals surface area contributed by atoms with E-state index in [0.717, 1.165) is 44.7 Å². The highest BCUT2D eigenvalue weighted by Crippen LogP contribution is 2.38. The second kappa shape index (κ2) is 6.72. The molecule has 1 N–H and O–H groups in total. The van der Waals surface area contributed by atoms with Gasteiger partial charge in [0, 0.05) is 38.4 Å². The molecule has 3 atom stereocenters. The van der Waals surface area contributed by atoms with E-state index in [1.165, 1.54) is 25.8 Å². The number of fused-ring (bicyclic) bond motifs is 2. The summed E-state index contributed by atoms with van der Waals surface area (Å²) in [6, 6.07) is 1.61. The van der Waals surface area contributed by atoms with Crippen molar-refractivity contribution in [2.24, 2.45) is 5.92 Å². The summed E-state index contributed by atoms with van der Waals surface area (Å²) in [5.74, 6) is 1.01. The van der Waals surface area contributed by atoms with Crippen LogP contribution < -0.4 is 5.32 Å². The number of nitrogens with zero attached hydrogens (tertiary/aromatic N) is 1. The van der Waals surface area contributed by atoms with Gasteiger partial charge in [-0.2, -0.15) is 0 Å². The number of piperidine rings is 1. The quantitative estimate of drug-likeness (QED) is 0.656. The van der Waals surface area contributed by atoms with Crippen molar-refractivity contribution < 1.29 is 4.74 Å². The molecule has 100 valence electrons. The number of hydrogen-bond acceptors (Lipinski definition) is 3. The Bertz CT molecular complexity index is 222. The second-order valence-electron chi connectivity index (χ2n) is 5.63. The third-order valence-electron chi connectivity index (χ3n) is 4.30. The van der Waals surface area contributed by atoms with Crippen molar-refractivity contribution >= 4 is 0 Å². The monoisotopic (exact) mass is 240 g/mol. The predicted octanol–water partition coefficient (Wildman–Crippen LogP) is 1.88. The van der Waals surface area contributed by atoms with Gasteiger partial charge in [0.25, 0.3) is 0 Å². The minimum atomic E-state index is 0.706. The molecule has 0 aromatic heterocycles. The fourth-order valence-electron chi connectivity index (χ4n) is 3.37. The molecule has 0 amide bonds. The molecule has 2 bridgehead atoms. The summed E-state index contributed by atoms with van der Waals surface area (Å²) in [7, 11) is 0.